The Morgan fingerprint density at radius 1 is 1.19 bits per heavy atom. The molecule has 1 fully saturated rings. The molecule has 0 spiro atoms. The Hall–Kier alpha value is -2.10. The minimum absolute atomic E-state index is 0.0251. The number of nitrogens with one attached hydrogen (secondary N) is 2. The Labute approximate surface area is 125 Å². The molecule has 0 radical (unpaired) electrons. The number of hydrogen-bond donors (Lipinski definition) is 2. The summed E-state index contributed by atoms with van der Waals surface area (Å²) in [6.07, 6.45) is 6.75. The van der Waals surface area contributed by atoms with Crippen molar-refractivity contribution in [2.75, 3.05) is 5.32 Å². The number of aromatic amines is 1. The van der Waals surface area contributed by atoms with Crippen LogP contribution in [0, 0.1) is 0 Å². The molecule has 1 aromatic carbocycles. The quantitative estimate of drug-likeness (QED) is 0.900. The van der Waals surface area contributed by atoms with Crippen LogP contribution in [-0.2, 0) is 11.2 Å². The number of aromatic nitrogens is 2. The third-order valence-corrected chi connectivity index (χ3v) is 4.12. The molecular formula is C17H21N3O. The predicted octanol–water partition coefficient (Wildman–Crippen LogP) is 3.64. The smallest absolute Gasteiger partial charge is 0.229 e. The molecule has 1 heterocycles. The number of hydrogen-bond acceptors (Lipinski definition) is 2. The van der Waals surface area contributed by atoms with Crippen LogP contribution in [0.1, 0.15) is 49.3 Å². The van der Waals surface area contributed by atoms with Crippen molar-refractivity contribution in [1.29, 1.82) is 0 Å². The summed E-state index contributed by atoms with van der Waals surface area (Å²) in [5.74, 6) is 1.19. The summed E-state index contributed by atoms with van der Waals surface area (Å²) >= 11 is 0. The molecule has 0 bridgehead atoms. The van der Waals surface area contributed by atoms with Gasteiger partial charge in [0.2, 0.25) is 5.91 Å². The summed E-state index contributed by atoms with van der Waals surface area (Å²) in [5, 5.41) is 10.2. The average molecular weight is 283 g/mol. The van der Waals surface area contributed by atoms with Gasteiger partial charge in [0.25, 0.3) is 0 Å². The van der Waals surface area contributed by atoms with E-state index in [1.54, 1.807) is 0 Å². The average Bonchev–Trinajstić information content (AvgIpc) is 2.97. The van der Waals surface area contributed by atoms with Gasteiger partial charge in [0.15, 0.2) is 5.82 Å². The van der Waals surface area contributed by atoms with Crippen LogP contribution in [0.2, 0.25) is 0 Å². The fraction of sp³-hybridized carbons (Fsp3) is 0.412. The fourth-order valence-electron chi connectivity index (χ4n) is 2.99. The van der Waals surface area contributed by atoms with Gasteiger partial charge in [-0.2, -0.15) is 5.10 Å². The van der Waals surface area contributed by atoms with Gasteiger partial charge in [0, 0.05) is 17.7 Å². The number of amides is 1. The number of benzene rings is 1. The van der Waals surface area contributed by atoms with Crippen molar-refractivity contribution in [2.45, 2.75) is 44.4 Å². The monoisotopic (exact) mass is 283 g/mol. The zero-order chi connectivity index (χ0) is 14.5. The molecule has 0 atom stereocenters. The van der Waals surface area contributed by atoms with Crippen molar-refractivity contribution >= 4 is 11.7 Å². The number of anilines is 1. The Morgan fingerprint density at radius 3 is 2.71 bits per heavy atom. The first-order valence-corrected chi connectivity index (χ1v) is 7.70. The largest absolute Gasteiger partial charge is 0.309 e. The van der Waals surface area contributed by atoms with Crippen molar-refractivity contribution in [1.82, 2.24) is 10.2 Å². The molecular weight excluding hydrogens is 262 g/mol. The van der Waals surface area contributed by atoms with Gasteiger partial charge in [-0.15, -0.1) is 0 Å². The lowest BCUT2D eigenvalue weighted by Gasteiger charge is -2.19. The lowest BCUT2D eigenvalue weighted by Crippen LogP contribution is -2.14. The highest BCUT2D eigenvalue weighted by Gasteiger charge is 2.18. The summed E-state index contributed by atoms with van der Waals surface area (Å²) < 4.78 is 0. The van der Waals surface area contributed by atoms with E-state index in [2.05, 4.69) is 15.5 Å². The number of H-pyrrole nitrogens is 1. The number of nitrogens with zero attached hydrogens (tertiary/aromatic N) is 1. The third-order valence-electron chi connectivity index (χ3n) is 4.12. The lowest BCUT2D eigenvalue weighted by atomic mass is 9.87. The maximum absolute atomic E-state index is 12.0. The molecule has 0 unspecified atom stereocenters. The molecule has 1 amide bonds. The summed E-state index contributed by atoms with van der Waals surface area (Å²) in [7, 11) is 0. The highest BCUT2D eigenvalue weighted by Crippen LogP contribution is 2.32. The SMILES string of the molecule is O=C(Cc1ccccc1)Nc1cc(C2CCCCC2)[nH]n1. The van der Waals surface area contributed by atoms with E-state index in [9.17, 15) is 4.79 Å². The zero-order valence-corrected chi connectivity index (χ0v) is 12.1. The van der Waals surface area contributed by atoms with Crippen molar-refractivity contribution in [3.63, 3.8) is 0 Å². The van der Waals surface area contributed by atoms with Gasteiger partial charge in [-0.25, -0.2) is 0 Å². The standard InChI is InChI=1S/C17H21N3O/c21-17(11-13-7-3-1-4-8-13)18-16-12-15(19-20-16)14-9-5-2-6-10-14/h1,3-4,7-8,12,14H,2,5-6,9-11H2,(H2,18,19,20,21). The van der Waals surface area contributed by atoms with Gasteiger partial charge in [-0.05, 0) is 18.4 Å². The van der Waals surface area contributed by atoms with Crippen LogP contribution in [0.3, 0.4) is 0 Å². The number of carbonyl (C=O) groups is 1. The highest BCUT2D eigenvalue weighted by molar-refractivity contribution is 5.91. The Kier molecular flexibility index (Phi) is 4.34. The molecule has 110 valence electrons. The van der Waals surface area contributed by atoms with Crippen molar-refractivity contribution in [3.8, 4) is 0 Å². The van der Waals surface area contributed by atoms with Crippen LogP contribution in [0.15, 0.2) is 36.4 Å². The summed E-state index contributed by atoms with van der Waals surface area (Å²) in [6, 6.07) is 11.7. The predicted molar refractivity (Wildman–Crippen MR) is 83.2 cm³/mol. The normalized spacial score (nSPS) is 15.8. The fourth-order valence-corrected chi connectivity index (χ4v) is 2.99. The second-order valence-corrected chi connectivity index (χ2v) is 5.75. The van der Waals surface area contributed by atoms with Crippen molar-refractivity contribution in [2.24, 2.45) is 0 Å². The van der Waals surface area contributed by atoms with E-state index in [0.29, 0.717) is 18.2 Å². The van der Waals surface area contributed by atoms with Crippen molar-refractivity contribution in [3.05, 3.63) is 47.7 Å². The molecule has 0 saturated heterocycles. The molecule has 4 nitrogen and oxygen atoms in total. The van der Waals surface area contributed by atoms with Gasteiger partial charge in [0.05, 0.1) is 6.42 Å². The van der Waals surface area contributed by atoms with Crippen LogP contribution in [0.5, 0.6) is 0 Å². The van der Waals surface area contributed by atoms with Gasteiger partial charge < -0.3 is 5.32 Å². The molecule has 1 saturated carbocycles. The van der Waals surface area contributed by atoms with Crippen molar-refractivity contribution < 1.29 is 4.79 Å². The molecule has 0 aliphatic heterocycles. The van der Waals surface area contributed by atoms with Gasteiger partial charge in [-0.1, -0.05) is 49.6 Å². The Balaban J connectivity index is 1.57. The minimum Gasteiger partial charge on any atom is -0.309 e. The van der Waals surface area contributed by atoms with E-state index in [0.717, 1.165) is 11.3 Å². The third kappa shape index (κ3) is 3.72. The molecule has 1 aliphatic rings. The molecule has 4 heteroatoms. The topological polar surface area (TPSA) is 57.8 Å². The minimum atomic E-state index is -0.0251. The molecule has 3 rings (SSSR count). The maximum atomic E-state index is 12.0. The van der Waals surface area contributed by atoms with Crippen LogP contribution in [0.25, 0.3) is 0 Å². The summed E-state index contributed by atoms with van der Waals surface area (Å²) in [5.41, 5.74) is 2.17. The summed E-state index contributed by atoms with van der Waals surface area (Å²) in [4.78, 5) is 12.0. The van der Waals surface area contributed by atoms with Gasteiger partial charge in [0.1, 0.15) is 0 Å². The van der Waals surface area contributed by atoms with Crippen LogP contribution < -0.4 is 5.32 Å². The van der Waals surface area contributed by atoms with E-state index in [1.165, 1.54) is 32.1 Å². The van der Waals surface area contributed by atoms with Gasteiger partial charge in [-0.3, -0.25) is 9.89 Å². The molecule has 2 N–H and O–H groups in total. The molecule has 1 aliphatic carbocycles. The second kappa shape index (κ2) is 6.57. The molecule has 2 aromatic rings. The Morgan fingerprint density at radius 2 is 1.95 bits per heavy atom. The first kappa shape index (κ1) is 13.9. The zero-order valence-electron chi connectivity index (χ0n) is 12.1. The van der Waals surface area contributed by atoms with E-state index in [4.69, 9.17) is 0 Å². The van der Waals surface area contributed by atoms with Gasteiger partial charge >= 0.3 is 0 Å². The van der Waals surface area contributed by atoms with Crippen LogP contribution >= 0.6 is 0 Å². The first-order chi connectivity index (χ1) is 10.3. The summed E-state index contributed by atoms with van der Waals surface area (Å²) in [6.45, 7) is 0. The Bertz CT molecular complexity index is 585. The molecule has 1 aromatic heterocycles. The first-order valence-electron chi connectivity index (χ1n) is 7.70. The maximum Gasteiger partial charge on any atom is 0.229 e. The van der Waals surface area contributed by atoms with Crippen LogP contribution in [-0.4, -0.2) is 16.1 Å². The van der Waals surface area contributed by atoms with E-state index in [1.807, 2.05) is 36.4 Å². The van der Waals surface area contributed by atoms with E-state index >= 15 is 0 Å². The lowest BCUT2D eigenvalue weighted by molar-refractivity contribution is -0.115. The van der Waals surface area contributed by atoms with E-state index in [-0.39, 0.29) is 5.91 Å². The highest BCUT2D eigenvalue weighted by atomic mass is 16.1. The number of carbonyl (C=O) groups excluding carboxylic acids is 1. The van der Waals surface area contributed by atoms with E-state index < -0.39 is 0 Å². The number of rotatable bonds is 4. The van der Waals surface area contributed by atoms with Crippen LogP contribution in [0.4, 0.5) is 5.82 Å². The second-order valence-electron chi connectivity index (χ2n) is 5.75. The molecule has 21 heavy (non-hydrogen) atoms.